The third-order valence-corrected chi connectivity index (χ3v) is 3.88. The zero-order valence-corrected chi connectivity index (χ0v) is 15.0. The van der Waals surface area contributed by atoms with Crippen molar-refractivity contribution < 1.29 is 23.6 Å². The van der Waals surface area contributed by atoms with Gasteiger partial charge in [-0.15, -0.1) is 10.2 Å². The molecule has 0 saturated carbocycles. The number of nitrogens with two attached hydrogens (primary N) is 1. The number of aromatic nitrogens is 2. The number of rotatable bonds is 6. The first-order valence-corrected chi connectivity index (χ1v) is 8.11. The van der Waals surface area contributed by atoms with Crippen LogP contribution in [0.15, 0.2) is 46.9 Å². The average molecular weight is 384 g/mol. The molecule has 1 atom stereocenters. The molecule has 1 unspecified atom stereocenters. The second-order valence-corrected chi connectivity index (χ2v) is 5.75. The van der Waals surface area contributed by atoms with Gasteiger partial charge in [0.05, 0.1) is 17.6 Å². The van der Waals surface area contributed by atoms with Crippen molar-refractivity contribution in [2.24, 2.45) is 0 Å². The first-order valence-electron chi connectivity index (χ1n) is 8.11. The monoisotopic (exact) mass is 384 g/mol. The van der Waals surface area contributed by atoms with Crippen LogP contribution in [0.4, 0.5) is 11.4 Å². The molecule has 3 aromatic rings. The predicted molar refractivity (Wildman–Crippen MR) is 97.6 cm³/mol. The summed E-state index contributed by atoms with van der Waals surface area (Å²) in [6, 6.07) is 10.5. The van der Waals surface area contributed by atoms with Crippen molar-refractivity contribution in [1.29, 1.82) is 0 Å². The maximum atomic E-state index is 12.3. The van der Waals surface area contributed by atoms with E-state index in [9.17, 15) is 14.9 Å². The Labute approximate surface area is 159 Å². The number of nitrogens with zero attached hydrogens (tertiary/aromatic N) is 3. The molecule has 3 rings (SSSR count). The summed E-state index contributed by atoms with van der Waals surface area (Å²) in [6.45, 7) is 1.54. The summed E-state index contributed by atoms with van der Waals surface area (Å²) in [5.41, 5.74) is 6.07. The van der Waals surface area contributed by atoms with E-state index in [4.69, 9.17) is 19.6 Å². The molecule has 0 aliphatic rings. The van der Waals surface area contributed by atoms with E-state index in [0.29, 0.717) is 11.3 Å². The standard InChI is InChI=1S/C18H16N4O6/c1-10(27-18(23)14-9-12(22(24)25)5-8-15(14)19)16-20-21-17(28-16)11-3-6-13(26-2)7-4-11/h3-10H,19H2,1-2H3. The Morgan fingerprint density at radius 2 is 1.93 bits per heavy atom. The SMILES string of the molecule is COc1ccc(-c2nnc(C(C)OC(=O)c3cc([N+](=O)[O-])ccc3N)o2)cc1. The van der Waals surface area contributed by atoms with Gasteiger partial charge in [0.25, 0.3) is 11.6 Å². The van der Waals surface area contributed by atoms with Crippen LogP contribution in [0, 0.1) is 10.1 Å². The minimum absolute atomic E-state index is 0.0623. The highest BCUT2D eigenvalue weighted by atomic mass is 16.6. The maximum Gasteiger partial charge on any atom is 0.341 e. The highest BCUT2D eigenvalue weighted by molar-refractivity contribution is 5.95. The van der Waals surface area contributed by atoms with Crippen LogP contribution >= 0.6 is 0 Å². The maximum absolute atomic E-state index is 12.3. The molecule has 0 bridgehead atoms. The molecule has 144 valence electrons. The fourth-order valence-electron chi connectivity index (χ4n) is 2.36. The highest BCUT2D eigenvalue weighted by Gasteiger charge is 2.23. The molecule has 2 N–H and O–H groups in total. The summed E-state index contributed by atoms with van der Waals surface area (Å²) in [7, 11) is 1.56. The van der Waals surface area contributed by atoms with E-state index in [1.54, 1.807) is 31.4 Å². The summed E-state index contributed by atoms with van der Waals surface area (Å²) in [5, 5.41) is 18.7. The number of hydrogen-bond acceptors (Lipinski definition) is 9. The van der Waals surface area contributed by atoms with Gasteiger partial charge in [0.1, 0.15) is 5.75 Å². The van der Waals surface area contributed by atoms with Crippen LogP contribution in [-0.2, 0) is 4.74 Å². The zero-order valence-electron chi connectivity index (χ0n) is 15.0. The third-order valence-electron chi connectivity index (χ3n) is 3.88. The molecule has 0 fully saturated rings. The molecule has 1 aromatic heterocycles. The molecule has 0 spiro atoms. The molecule has 1 heterocycles. The molecule has 0 saturated heterocycles. The van der Waals surface area contributed by atoms with Crippen molar-refractivity contribution in [3.63, 3.8) is 0 Å². The van der Waals surface area contributed by atoms with Crippen molar-refractivity contribution in [3.05, 3.63) is 64.0 Å². The number of carbonyl (C=O) groups excluding carboxylic acids is 1. The Kier molecular flexibility index (Phi) is 5.21. The van der Waals surface area contributed by atoms with Gasteiger partial charge in [-0.1, -0.05) is 0 Å². The minimum Gasteiger partial charge on any atom is -0.497 e. The molecule has 10 heteroatoms. The molecule has 0 aliphatic carbocycles. The van der Waals surface area contributed by atoms with Gasteiger partial charge in [-0.3, -0.25) is 10.1 Å². The lowest BCUT2D eigenvalue weighted by Crippen LogP contribution is -2.12. The van der Waals surface area contributed by atoms with Crippen LogP contribution in [0.3, 0.4) is 0 Å². The van der Waals surface area contributed by atoms with Crippen LogP contribution in [-0.4, -0.2) is 28.2 Å². The predicted octanol–water partition coefficient (Wildman–Crippen LogP) is 3.15. The minimum atomic E-state index is -0.884. The number of nitro groups is 1. The summed E-state index contributed by atoms with van der Waals surface area (Å²) in [4.78, 5) is 22.6. The highest BCUT2D eigenvalue weighted by Crippen LogP contribution is 2.26. The summed E-state index contributed by atoms with van der Waals surface area (Å²) < 4.78 is 15.9. The number of esters is 1. The van der Waals surface area contributed by atoms with E-state index >= 15 is 0 Å². The number of carbonyl (C=O) groups is 1. The number of ether oxygens (including phenoxy) is 2. The largest absolute Gasteiger partial charge is 0.497 e. The first kappa shape index (κ1) is 18.8. The second-order valence-electron chi connectivity index (χ2n) is 5.75. The summed E-state index contributed by atoms with van der Waals surface area (Å²) in [5.74, 6) is 0.164. The average Bonchev–Trinajstić information content (AvgIpc) is 3.18. The molecule has 28 heavy (non-hydrogen) atoms. The first-order chi connectivity index (χ1) is 13.4. The number of nitrogen functional groups attached to an aromatic ring is 1. The number of hydrogen-bond donors (Lipinski definition) is 1. The van der Waals surface area contributed by atoms with Crippen molar-refractivity contribution in [3.8, 4) is 17.2 Å². The van der Waals surface area contributed by atoms with Crippen molar-refractivity contribution >= 4 is 17.3 Å². The van der Waals surface area contributed by atoms with Gasteiger partial charge >= 0.3 is 5.97 Å². The quantitative estimate of drug-likeness (QED) is 0.293. The lowest BCUT2D eigenvalue weighted by atomic mass is 10.1. The Morgan fingerprint density at radius 1 is 1.21 bits per heavy atom. The Morgan fingerprint density at radius 3 is 2.57 bits per heavy atom. The van der Waals surface area contributed by atoms with Crippen molar-refractivity contribution in [1.82, 2.24) is 10.2 Å². The van der Waals surface area contributed by atoms with Gasteiger partial charge < -0.3 is 19.6 Å². The summed E-state index contributed by atoms with van der Waals surface area (Å²) >= 11 is 0. The van der Waals surface area contributed by atoms with Crippen molar-refractivity contribution in [2.45, 2.75) is 13.0 Å². The molecule has 10 nitrogen and oxygen atoms in total. The van der Waals surface area contributed by atoms with E-state index in [1.807, 2.05) is 0 Å². The number of anilines is 1. The molecular formula is C18H16N4O6. The van der Waals surface area contributed by atoms with Gasteiger partial charge in [-0.25, -0.2) is 4.79 Å². The normalized spacial score (nSPS) is 11.6. The Hall–Kier alpha value is -3.95. The number of nitro benzene ring substituents is 1. The number of non-ortho nitro benzene ring substituents is 1. The molecule has 0 radical (unpaired) electrons. The summed E-state index contributed by atoms with van der Waals surface area (Å²) in [6.07, 6.45) is -0.884. The van der Waals surface area contributed by atoms with Crippen LogP contribution in [0.2, 0.25) is 0 Å². The van der Waals surface area contributed by atoms with E-state index in [-0.39, 0.29) is 28.7 Å². The lowest BCUT2D eigenvalue weighted by molar-refractivity contribution is -0.384. The van der Waals surface area contributed by atoms with E-state index in [2.05, 4.69) is 10.2 Å². The molecule has 0 aliphatic heterocycles. The van der Waals surface area contributed by atoms with Crippen LogP contribution in [0.25, 0.3) is 11.5 Å². The molecule has 0 amide bonds. The van der Waals surface area contributed by atoms with E-state index in [1.165, 1.54) is 19.1 Å². The topological polar surface area (TPSA) is 144 Å². The smallest absolute Gasteiger partial charge is 0.341 e. The van der Waals surface area contributed by atoms with E-state index in [0.717, 1.165) is 6.07 Å². The molecule has 2 aromatic carbocycles. The molecular weight excluding hydrogens is 368 g/mol. The van der Waals surface area contributed by atoms with Gasteiger partial charge in [0.15, 0.2) is 6.10 Å². The number of benzene rings is 2. The Balaban J connectivity index is 1.75. The lowest BCUT2D eigenvalue weighted by Gasteiger charge is -2.10. The fourth-order valence-corrected chi connectivity index (χ4v) is 2.36. The van der Waals surface area contributed by atoms with Crippen LogP contribution in [0.1, 0.15) is 29.3 Å². The van der Waals surface area contributed by atoms with Gasteiger partial charge in [0, 0.05) is 23.4 Å². The van der Waals surface area contributed by atoms with Crippen LogP contribution < -0.4 is 10.5 Å². The zero-order chi connectivity index (χ0) is 20.3. The van der Waals surface area contributed by atoms with Gasteiger partial charge in [-0.05, 0) is 37.3 Å². The van der Waals surface area contributed by atoms with Gasteiger partial charge in [-0.2, -0.15) is 0 Å². The third kappa shape index (κ3) is 3.90. The number of methoxy groups -OCH3 is 1. The van der Waals surface area contributed by atoms with E-state index < -0.39 is 17.0 Å². The second kappa shape index (κ2) is 7.74. The van der Waals surface area contributed by atoms with Crippen LogP contribution in [0.5, 0.6) is 5.75 Å². The Bertz CT molecular complexity index is 1020. The van der Waals surface area contributed by atoms with Crippen molar-refractivity contribution in [2.75, 3.05) is 12.8 Å². The van der Waals surface area contributed by atoms with Gasteiger partial charge in [0.2, 0.25) is 5.89 Å². The fraction of sp³-hybridized carbons (Fsp3) is 0.167.